The smallest absolute Gasteiger partial charge is 0.439 e. The maximum atomic E-state index is 13.5. The summed E-state index contributed by atoms with van der Waals surface area (Å²) in [6, 6.07) is 8.55. The minimum atomic E-state index is -0.742. The van der Waals surface area contributed by atoms with E-state index < -0.39 is 11.9 Å². The summed E-state index contributed by atoms with van der Waals surface area (Å²) in [5.41, 5.74) is 2.86. The van der Waals surface area contributed by atoms with E-state index >= 15 is 0 Å². The molecule has 5 heterocycles. The zero-order valence-electron chi connectivity index (χ0n) is 20.3. The summed E-state index contributed by atoms with van der Waals surface area (Å²) in [5, 5.41) is 4.29. The Kier molecular flexibility index (Phi) is 5.64. The topological polar surface area (TPSA) is 143 Å². The number of halogens is 1. The van der Waals surface area contributed by atoms with Crippen molar-refractivity contribution in [1.29, 1.82) is 0 Å². The summed E-state index contributed by atoms with van der Waals surface area (Å²) in [4.78, 5) is 35.9. The number of ether oxygens (including phenoxy) is 3. The lowest BCUT2D eigenvalue weighted by atomic mass is 10.00. The highest BCUT2D eigenvalue weighted by Gasteiger charge is 2.24. The van der Waals surface area contributed by atoms with E-state index in [2.05, 4.69) is 24.6 Å². The number of fused-ring (bicyclic) bond motifs is 2. The van der Waals surface area contributed by atoms with Crippen molar-refractivity contribution in [2.24, 2.45) is 0 Å². The predicted octanol–water partition coefficient (Wildman–Crippen LogP) is 4.73. The lowest BCUT2D eigenvalue weighted by Gasteiger charge is -2.19. The SMILES string of the molecule is Cc1cc([C@@H](C)Oc2ccc(Cl)nc2-c2noc(=O)[nH]2)c2oc(-c3cnc4c(c3)OCO4)c(C)c(=O)c2c1. The van der Waals surface area contributed by atoms with Crippen molar-refractivity contribution in [1.82, 2.24) is 20.1 Å². The van der Waals surface area contributed by atoms with Crippen molar-refractivity contribution in [2.75, 3.05) is 6.79 Å². The van der Waals surface area contributed by atoms with E-state index in [4.69, 9.17) is 30.2 Å². The number of nitrogens with one attached hydrogen (secondary N) is 1. The van der Waals surface area contributed by atoms with Crippen molar-refractivity contribution >= 4 is 22.6 Å². The Balaban J connectivity index is 1.47. The second-order valence-electron chi connectivity index (χ2n) is 8.73. The van der Waals surface area contributed by atoms with Gasteiger partial charge in [0.15, 0.2) is 16.9 Å². The van der Waals surface area contributed by atoms with Crippen molar-refractivity contribution in [3.05, 3.63) is 79.1 Å². The fraction of sp³-hybridized carbons (Fsp3) is 0.192. The van der Waals surface area contributed by atoms with Crippen LogP contribution in [0.2, 0.25) is 5.15 Å². The van der Waals surface area contributed by atoms with Crippen LogP contribution in [0.5, 0.6) is 17.4 Å². The Labute approximate surface area is 218 Å². The number of nitrogens with zero attached hydrogens (tertiary/aromatic N) is 3. The van der Waals surface area contributed by atoms with Crippen LogP contribution in [0.1, 0.15) is 29.7 Å². The Morgan fingerprint density at radius 2 is 1.97 bits per heavy atom. The molecule has 192 valence electrons. The predicted molar refractivity (Wildman–Crippen MR) is 136 cm³/mol. The molecule has 0 spiro atoms. The summed E-state index contributed by atoms with van der Waals surface area (Å²) >= 11 is 6.08. The number of H-pyrrole nitrogens is 1. The van der Waals surface area contributed by atoms with Crippen molar-refractivity contribution < 1.29 is 23.2 Å². The van der Waals surface area contributed by atoms with Crippen molar-refractivity contribution in [3.8, 4) is 40.2 Å². The van der Waals surface area contributed by atoms with Crippen LogP contribution >= 0.6 is 11.6 Å². The summed E-state index contributed by atoms with van der Waals surface area (Å²) in [7, 11) is 0. The van der Waals surface area contributed by atoms with Gasteiger partial charge in [-0.2, -0.15) is 0 Å². The standard InChI is InChI=1S/C26H19ClN4O7/c1-11-6-15(13(3)36-17-4-5-19(27)29-20(17)24-30-26(33)38-31-24)23-16(7-11)21(32)12(2)22(37-23)14-8-18-25(28-9-14)35-10-34-18/h4-9,13H,10H2,1-3H3,(H,30,31,33)/t13-/m1/s1. The largest absolute Gasteiger partial charge is 0.483 e. The molecule has 0 fully saturated rings. The summed E-state index contributed by atoms with van der Waals surface area (Å²) < 4.78 is 28.0. The van der Waals surface area contributed by atoms with Gasteiger partial charge in [-0.05, 0) is 56.7 Å². The van der Waals surface area contributed by atoms with Gasteiger partial charge in [0.05, 0.1) is 5.39 Å². The first-order valence-corrected chi connectivity index (χ1v) is 11.9. The minimum Gasteiger partial charge on any atom is -0.483 e. The van der Waals surface area contributed by atoms with Crippen LogP contribution in [0.15, 0.2) is 55.1 Å². The van der Waals surface area contributed by atoms with Crippen LogP contribution < -0.4 is 25.4 Å². The van der Waals surface area contributed by atoms with Gasteiger partial charge in [-0.15, -0.1) is 0 Å². The third kappa shape index (κ3) is 4.06. The van der Waals surface area contributed by atoms with Crippen LogP contribution in [0, 0.1) is 13.8 Å². The van der Waals surface area contributed by atoms with Crippen LogP contribution in [0.4, 0.5) is 0 Å². The fourth-order valence-electron chi connectivity index (χ4n) is 4.33. The van der Waals surface area contributed by atoms with Gasteiger partial charge in [-0.25, -0.2) is 14.8 Å². The summed E-state index contributed by atoms with van der Waals surface area (Å²) in [5.74, 6) is 0.824. The molecule has 1 atom stereocenters. The first-order chi connectivity index (χ1) is 18.3. The summed E-state index contributed by atoms with van der Waals surface area (Å²) in [6.45, 7) is 5.47. The lowest BCUT2D eigenvalue weighted by Crippen LogP contribution is -2.12. The van der Waals surface area contributed by atoms with Crippen molar-refractivity contribution in [3.63, 3.8) is 0 Å². The highest BCUT2D eigenvalue weighted by atomic mass is 35.5. The normalized spacial score (nSPS) is 13.2. The van der Waals surface area contributed by atoms with Gasteiger partial charge >= 0.3 is 5.76 Å². The summed E-state index contributed by atoms with van der Waals surface area (Å²) in [6.07, 6.45) is 0.953. The number of pyridine rings is 2. The van der Waals surface area contributed by atoms with E-state index in [1.54, 1.807) is 44.3 Å². The first-order valence-electron chi connectivity index (χ1n) is 11.5. The van der Waals surface area contributed by atoms with Gasteiger partial charge in [0.25, 0.3) is 5.88 Å². The van der Waals surface area contributed by atoms with E-state index in [1.165, 1.54) is 0 Å². The Bertz CT molecular complexity index is 1840. The Morgan fingerprint density at radius 1 is 1.13 bits per heavy atom. The number of aromatic nitrogens is 4. The number of aromatic amines is 1. The average molecular weight is 535 g/mol. The molecule has 0 unspecified atom stereocenters. The van der Waals surface area contributed by atoms with Crippen LogP contribution in [0.3, 0.4) is 0 Å². The average Bonchev–Trinajstić information content (AvgIpc) is 3.55. The third-order valence-corrected chi connectivity index (χ3v) is 6.32. The van der Waals surface area contributed by atoms with Crippen molar-refractivity contribution in [2.45, 2.75) is 26.9 Å². The Hall–Kier alpha value is -4.64. The number of hydrogen-bond donors (Lipinski definition) is 1. The number of rotatable bonds is 5. The molecule has 1 N–H and O–H groups in total. The molecule has 4 aromatic heterocycles. The van der Waals surface area contributed by atoms with E-state index in [9.17, 15) is 9.59 Å². The number of aryl methyl sites for hydroxylation is 1. The second kappa shape index (κ2) is 9.03. The Morgan fingerprint density at radius 3 is 2.76 bits per heavy atom. The molecule has 11 nitrogen and oxygen atoms in total. The zero-order chi connectivity index (χ0) is 26.6. The van der Waals surface area contributed by atoms with Gasteiger partial charge in [-0.1, -0.05) is 16.8 Å². The van der Waals surface area contributed by atoms with E-state index in [0.717, 1.165) is 5.56 Å². The lowest BCUT2D eigenvalue weighted by molar-refractivity contribution is 0.171. The van der Waals surface area contributed by atoms with E-state index in [0.29, 0.717) is 45.0 Å². The van der Waals surface area contributed by atoms with Gasteiger partial charge in [-0.3, -0.25) is 14.3 Å². The van der Waals surface area contributed by atoms with Gasteiger partial charge in [0, 0.05) is 22.9 Å². The monoisotopic (exact) mass is 534 g/mol. The molecular weight excluding hydrogens is 516 g/mol. The maximum absolute atomic E-state index is 13.5. The molecule has 0 aliphatic carbocycles. The zero-order valence-corrected chi connectivity index (χ0v) is 21.1. The molecule has 1 aliphatic rings. The molecule has 38 heavy (non-hydrogen) atoms. The molecule has 5 aromatic rings. The second-order valence-corrected chi connectivity index (χ2v) is 9.12. The fourth-order valence-corrected chi connectivity index (χ4v) is 4.48. The molecule has 0 saturated carbocycles. The molecule has 1 aliphatic heterocycles. The quantitative estimate of drug-likeness (QED) is 0.314. The highest BCUT2D eigenvalue weighted by Crippen LogP contribution is 2.37. The van der Waals surface area contributed by atoms with Crippen LogP contribution in [-0.4, -0.2) is 26.9 Å². The van der Waals surface area contributed by atoms with Crippen LogP contribution in [0.25, 0.3) is 33.8 Å². The molecule has 12 heteroatoms. The van der Waals surface area contributed by atoms with E-state index in [-0.39, 0.29) is 34.6 Å². The first kappa shape index (κ1) is 23.7. The molecule has 6 rings (SSSR count). The molecule has 0 saturated heterocycles. The third-order valence-electron chi connectivity index (χ3n) is 6.11. The van der Waals surface area contributed by atoms with Gasteiger partial charge in [0.2, 0.25) is 12.6 Å². The van der Waals surface area contributed by atoms with Crippen LogP contribution in [-0.2, 0) is 0 Å². The number of hydrogen-bond acceptors (Lipinski definition) is 10. The minimum absolute atomic E-state index is 0.0635. The molecule has 0 radical (unpaired) electrons. The molecule has 0 bridgehead atoms. The highest BCUT2D eigenvalue weighted by molar-refractivity contribution is 6.29. The van der Waals surface area contributed by atoms with E-state index in [1.807, 2.05) is 13.0 Å². The van der Waals surface area contributed by atoms with Gasteiger partial charge < -0.3 is 18.6 Å². The molecule has 0 amide bonds. The van der Waals surface area contributed by atoms with Gasteiger partial charge in [0.1, 0.15) is 28.3 Å². The molecule has 1 aromatic carbocycles. The maximum Gasteiger partial charge on any atom is 0.439 e. The number of benzene rings is 1. The molecular formula is C26H19ClN4O7.